The third-order valence-corrected chi connectivity index (χ3v) is 2.72. The molecule has 1 aromatic carbocycles. The summed E-state index contributed by atoms with van der Waals surface area (Å²) in [5.74, 6) is 0. The van der Waals surface area contributed by atoms with Crippen LogP contribution in [-0.4, -0.2) is 14.7 Å². The molecule has 0 bridgehead atoms. The Balaban J connectivity index is 3.04. The number of benzene rings is 1. The number of nitrogens with two attached hydrogens (primary N) is 1. The fourth-order valence-corrected chi connectivity index (χ4v) is 1.97. The van der Waals surface area contributed by atoms with Crippen molar-refractivity contribution in [3.8, 4) is 0 Å². The summed E-state index contributed by atoms with van der Waals surface area (Å²) < 4.78 is 24.3. The Labute approximate surface area is 94.5 Å². The van der Waals surface area contributed by atoms with Gasteiger partial charge in [0.15, 0.2) is 0 Å². The van der Waals surface area contributed by atoms with Crippen LogP contribution in [0.4, 0.5) is 5.69 Å². The molecule has 1 atom stereocenters. The van der Waals surface area contributed by atoms with Crippen molar-refractivity contribution < 1.29 is 8.42 Å². The van der Waals surface area contributed by atoms with Gasteiger partial charge in [-0.1, -0.05) is 17.7 Å². The molecule has 0 aliphatic carbocycles. The van der Waals surface area contributed by atoms with E-state index in [2.05, 4.69) is 4.72 Å². The van der Waals surface area contributed by atoms with Gasteiger partial charge in [0, 0.05) is 6.04 Å². The van der Waals surface area contributed by atoms with Crippen molar-refractivity contribution in [1.82, 2.24) is 0 Å². The van der Waals surface area contributed by atoms with Crippen LogP contribution in [0.2, 0.25) is 5.02 Å². The first-order valence-electron chi connectivity index (χ1n) is 4.32. The molecule has 0 amide bonds. The SMILES string of the molecule is C[C@@H](N)c1ccc(NS(C)(=O)=O)c(Cl)c1. The molecule has 0 radical (unpaired) electrons. The lowest BCUT2D eigenvalue weighted by Crippen LogP contribution is -2.10. The first-order chi connectivity index (χ1) is 6.79. The Morgan fingerprint density at radius 1 is 1.47 bits per heavy atom. The van der Waals surface area contributed by atoms with E-state index < -0.39 is 10.0 Å². The predicted molar refractivity (Wildman–Crippen MR) is 62.5 cm³/mol. The third kappa shape index (κ3) is 3.70. The number of nitrogens with one attached hydrogen (secondary N) is 1. The summed E-state index contributed by atoms with van der Waals surface area (Å²) >= 11 is 5.90. The van der Waals surface area contributed by atoms with Gasteiger partial charge in [0.1, 0.15) is 0 Å². The number of rotatable bonds is 3. The van der Waals surface area contributed by atoms with E-state index in [1.807, 2.05) is 6.92 Å². The summed E-state index contributed by atoms with van der Waals surface area (Å²) in [6.45, 7) is 1.83. The molecule has 0 saturated carbocycles. The highest BCUT2D eigenvalue weighted by Crippen LogP contribution is 2.25. The third-order valence-electron chi connectivity index (χ3n) is 1.81. The quantitative estimate of drug-likeness (QED) is 0.856. The lowest BCUT2D eigenvalue weighted by atomic mass is 10.1. The number of hydrogen-bond acceptors (Lipinski definition) is 3. The highest BCUT2D eigenvalue weighted by Gasteiger charge is 2.08. The molecule has 15 heavy (non-hydrogen) atoms. The minimum absolute atomic E-state index is 0.130. The molecule has 0 aliphatic rings. The van der Waals surface area contributed by atoms with E-state index in [-0.39, 0.29) is 6.04 Å². The largest absolute Gasteiger partial charge is 0.324 e. The Bertz CT molecular complexity index is 457. The maximum atomic E-state index is 11.0. The second kappa shape index (κ2) is 4.38. The van der Waals surface area contributed by atoms with Gasteiger partial charge in [-0.25, -0.2) is 8.42 Å². The molecule has 0 saturated heterocycles. The molecule has 6 heteroatoms. The van der Waals surface area contributed by atoms with Gasteiger partial charge in [-0.2, -0.15) is 0 Å². The summed E-state index contributed by atoms with van der Waals surface area (Å²) in [7, 11) is -3.30. The maximum Gasteiger partial charge on any atom is 0.229 e. The van der Waals surface area contributed by atoms with Crippen molar-refractivity contribution in [2.75, 3.05) is 11.0 Å². The van der Waals surface area contributed by atoms with Crippen LogP contribution in [0.25, 0.3) is 0 Å². The van der Waals surface area contributed by atoms with Crippen molar-refractivity contribution in [3.63, 3.8) is 0 Å². The number of halogens is 1. The predicted octanol–water partition coefficient (Wildman–Crippen LogP) is 1.73. The monoisotopic (exact) mass is 248 g/mol. The molecule has 1 aromatic rings. The summed E-state index contributed by atoms with van der Waals surface area (Å²) in [6.07, 6.45) is 1.07. The van der Waals surface area contributed by atoms with E-state index in [1.165, 1.54) is 0 Å². The van der Waals surface area contributed by atoms with Crippen molar-refractivity contribution in [1.29, 1.82) is 0 Å². The molecule has 0 unspecified atom stereocenters. The smallest absolute Gasteiger partial charge is 0.229 e. The van der Waals surface area contributed by atoms with E-state index in [0.29, 0.717) is 10.7 Å². The van der Waals surface area contributed by atoms with Gasteiger partial charge >= 0.3 is 0 Å². The Morgan fingerprint density at radius 3 is 2.47 bits per heavy atom. The molecule has 3 N–H and O–H groups in total. The Hall–Kier alpha value is -0.780. The van der Waals surface area contributed by atoms with Crippen LogP contribution in [0.1, 0.15) is 18.5 Å². The fourth-order valence-electron chi connectivity index (χ4n) is 1.10. The summed E-state index contributed by atoms with van der Waals surface area (Å²) in [5, 5.41) is 0.343. The van der Waals surface area contributed by atoms with Crippen LogP contribution in [0.5, 0.6) is 0 Å². The lowest BCUT2D eigenvalue weighted by molar-refractivity contribution is 0.607. The maximum absolute atomic E-state index is 11.0. The second-order valence-electron chi connectivity index (χ2n) is 3.40. The summed E-state index contributed by atoms with van der Waals surface area (Å²) in [4.78, 5) is 0. The molecule has 84 valence electrons. The minimum atomic E-state index is -3.30. The van der Waals surface area contributed by atoms with Gasteiger partial charge in [0.2, 0.25) is 10.0 Å². The molecule has 1 rings (SSSR count). The topological polar surface area (TPSA) is 72.2 Å². The standard InChI is InChI=1S/C9H13ClN2O2S/c1-6(11)7-3-4-9(8(10)5-7)12-15(2,13)14/h3-6,12H,11H2,1-2H3/t6-/m1/s1. The molecule has 4 nitrogen and oxygen atoms in total. The van der Waals surface area contributed by atoms with Gasteiger partial charge < -0.3 is 5.73 Å². The van der Waals surface area contributed by atoms with Gasteiger partial charge in [-0.15, -0.1) is 0 Å². The van der Waals surface area contributed by atoms with Crippen LogP contribution >= 0.6 is 11.6 Å². The number of sulfonamides is 1. The van der Waals surface area contributed by atoms with Crippen LogP contribution in [-0.2, 0) is 10.0 Å². The Morgan fingerprint density at radius 2 is 2.07 bits per heavy atom. The van der Waals surface area contributed by atoms with Crippen molar-refractivity contribution in [3.05, 3.63) is 28.8 Å². The summed E-state index contributed by atoms with van der Waals surface area (Å²) in [5.41, 5.74) is 6.89. The van der Waals surface area contributed by atoms with Crippen molar-refractivity contribution in [2.45, 2.75) is 13.0 Å². The molecule has 0 aliphatic heterocycles. The molecule has 0 heterocycles. The van der Waals surface area contributed by atoms with Crippen LogP contribution < -0.4 is 10.5 Å². The van der Waals surface area contributed by atoms with Crippen LogP contribution in [0.15, 0.2) is 18.2 Å². The van der Waals surface area contributed by atoms with E-state index in [1.54, 1.807) is 18.2 Å². The Kier molecular flexibility index (Phi) is 3.59. The van der Waals surface area contributed by atoms with Gasteiger partial charge in [0.25, 0.3) is 0 Å². The average molecular weight is 249 g/mol. The van der Waals surface area contributed by atoms with Crippen LogP contribution in [0, 0.1) is 0 Å². The second-order valence-corrected chi connectivity index (χ2v) is 5.56. The highest BCUT2D eigenvalue weighted by atomic mass is 35.5. The normalized spacial score (nSPS) is 13.6. The molecular weight excluding hydrogens is 236 g/mol. The van der Waals surface area contributed by atoms with E-state index in [9.17, 15) is 8.42 Å². The lowest BCUT2D eigenvalue weighted by Gasteiger charge is -2.10. The highest BCUT2D eigenvalue weighted by molar-refractivity contribution is 7.92. The first-order valence-corrected chi connectivity index (χ1v) is 6.59. The number of hydrogen-bond donors (Lipinski definition) is 2. The van der Waals surface area contributed by atoms with Gasteiger partial charge in [0.05, 0.1) is 17.0 Å². The molecule has 0 fully saturated rings. The van der Waals surface area contributed by atoms with E-state index in [4.69, 9.17) is 17.3 Å². The van der Waals surface area contributed by atoms with E-state index >= 15 is 0 Å². The number of anilines is 1. The zero-order valence-electron chi connectivity index (χ0n) is 8.49. The molecule has 0 spiro atoms. The molecule has 0 aromatic heterocycles. The minimum Gasteiger partial charge on any atom is -0.324 e. The zero-order valence-corrected chi connectivity index (χ0v) is 10.1. The van der Waals surface area contributed by atoms with Crippen molar-refractivity contribution in [2.24, 2.45) is 5.73 Å². The molecular formula is C9H13ClN2O2S. The van der Waals surface area contributed by atoms with Crippen molar-refractivity contribution >= 4 is 27.3 Å². The van der Waals surface area contributed by atoms with Gasteiger partial charge in [-0.05, 0) is 24.6 Å². The van der Waals surface area contributed by atoms with Gasteiger partial charge in [-0.3, -0.25) is 4.72 Å². The first kappa shape index (κ1) is 12.3. The van der Waals surface area contributed by atoms with E-state index in [0.717, 1.165) is 11.8 Å². The fraction of sp³-hybridized carbons (Fsp3) is 0.333. The average Bonchev–Trinajstić information content (AvgIpc) is 2.05. The summed E-state index contributed by atoms with van der Waals surface area (Å²) in [6, 6.07) is 4.86. The zero-order chi connectivity index (χ0) is 11.6. The van der Waals surface area contributed by atoms with Crippen LogP contribution in [0.3, 0.4) is 0 Å².